The van der Waals surface area contributed by atoms with Crippen molar-refractivity contribution in [2.24, 2.45) is 0 Å². The topological polar surface area (TPSA) is 64.3 Å². The van der Waals surface area contributed by atoms with E-state index in [0.29, 0.717) is 24.6 Å². The molecule has 0 unspecified atom stereocenters. The van der Waals surface area contributed by atoms with E-state index in [4.69, 9.17) is 10.5 Å². The fraction of sp³-hybridized carbons (Fsp3) is 0.133. The Morgan fingerprint density at radius 1 is 1.29 bits per heavy atom. The predicted octanol–water partition coefficient (Wildman–Crippen LogP) is 2.98. The van der Waals surface area contributed by atoms with Crippen LogP contribution in [0.2, 0.25) is 0 Å². The monoisotopic (exact) mass is 352 g/mol. The van der Waals surface area contributed by atoms with Gasteiger partial charge in [-0.25, -0.2) is 4.39 Å². The van der Waals surface area contributed by atoms with Gasteiger partial charge in [-0.15, -0.1) is 0 Å². The third-order valence-electron chi connectivity index (χ3n) is 2.71. The fourth-order valence-corrected chi connectivity index (χ4v) is 2.16. The normalized spacial score (nSPS) is 10.2. The number of ether oxygens (including phenoxy) is 1. The lowest BCUT2D eigenvalue weighted by molar-refractivity contribution is 0.0945. The first kappa shape index (κ1) is 15.3. The average molecular weight is 353 g/mol. The number of nitrogen functional groups attached to an aromatic ring is 1. The number of benzene rings is 2. The third kappa shape index (κ3) is 4.19. The predicted molar refractivity (Wildman–Crippen MR) is 82.8 cm³/mol. The van der Waals surface area contributed by atoms with Crippen LogP contribution in [0.3, 0.4) is 0 Å². The third-order valence-corrected chi connectivity index (χ3v) is 3.52. The second-order valence-electron chi connectivity index (χ2n) is 4.28. The number of carbonyl (C=O) groups is 1. The van der Waals surface area contributed by atoms with Gasteiger partial charge in [-0.05, 0) is 40.2 Å². The number of hydrogen-bond acceptors (Lipinski definition) is 3. The van der Waals surface area contributed by atoms with Gasteiger partial charge in [-0.1, -0.05) is 12.1 Å². The highest BCUT2D eigenvalue weighted by molar-refractivity contribution is 9.10. The van der Waals surface area contributed by atoms with Gasteiger partial charge in [0.15, 0.2) is 0 Å². The first-order chi connectivity index (χ1) is 10.1. The minimum Gasteiger partial charge on any atom is -0.492 e. The molecule has 2 aromatic rings. The van der Waals surface area contributed by atoms with E-state index in [0.717, 1.165) is 0 Å². The molecule has 21 heavy (non-hydrogen) atoms. The molecular formula is C15H14BrFN2O2. The zero-order valence-corrected chi connectivity index (χ0v) is 12.7. The summed E-state index contributed by atoms with van der Waals surface area (Å²) in [6.07, 6.45) is 0. The zero-order valence-electron chi connectivity index (χ0n) is 11.1. The Morgan fingerprint density at radius 3 is 2.81 bits per heavy atom. The van der Waals surface area contributed by atoms with Crippen molar-refractivity contribution in [3.8, 4) is 5.75 Å². The van der Waals surface area contributed by atoms with Crippen molar-refractivity contribution in [3.63, 3.8) is 0 Å². The molecule has 0 aliphatic rings. The van der Waals surface area contributed by atoms with Crippen LogP contribution in [0.25, 0.3) is 0 Å². The average Bonchev–Trinajstić information content (AvgIpc) is 2.46. The van der Waals surface area contributed by atoms with Gasteiger partial charge in [0.05, 0.1) is 16.6 Å². The van der Waals surface area contributed by atoms with Crippen molar-refractivity contribution in [1.29, 1.82) is 0 Å². The van der Waals surface area contributed by atoms with Gasteiger partial charge in [-0.3, -0.25) is 4.79 Å². The van der Waals surface area contributed by atoms with Gasteiger partial charge >= 0.3 is 0 Å². The molecule has 2 aromatic carbocycles. The smallest absolute Gasteiger partial charge is 0.252 e. The van der Waals surface area contributed by atoms with Crippen LogP contribution in [-0.4, -0.2) is 19.1 Å². The lowest BCUT2D eigenvalue weighted by atomic mass is 10.2. The fourth-order valence-electron chi connectivity index (χ4n) is 1.71. The Kier molecular flexibility index (Phi) is 5.16. The van der Waals surface area contributed by atoms with E-state index >= 15 is 0 Å². The SMILES string of the molecule is Nc1cccc(OCCNC(=O)c2cccc(F)c2Br)c1. The summed E-state index contributed by atoms with van der Waals surface area (Å²) >= 11 is 3.05. The van der Waals surface area contributed by atoms with Crippen molar-refractivity contribution in [3.05, 3.63) is 58.3 Å². The molecule has 0 aromatic heterocycles. The zero-order chi connectivity index (χ0) is 15.2. The summed E-state index contributed by atoms with van der Waals surface area (Å²) in [5, 5.41) is 2.66. The van der Waals surface area contributed by atoms with Gasteiger partial charge in [-0.2, -0.15) is 0 Å². The summed E-state index contributed by atoms with van der Waals surface area (Å²) in [4.78, 5) is 11.9. The van der Waals surface area contributed by atoms with E-state index in [1.807, 2.05) is 0 Å². The molecule has 0 atom stereocenters. The Balaban J connectivity index is 1.83. The Bertz CT molecular complexity index is 649. The molecule has 1 amide bonds. The molecule has 3 N–H and O–H groups in total. The van der Waals surface area contributed by atoms with Crippen LogP contribution in [0.1, 0.15) is 10.4 Å². The van der Waals surface area contributed by atoms with Gasteiger partial charge < -0.3 is 15.8 Å². The molecule has 0 aliphatic heterocycles. The van der Waals surface area contributed by atoms with E-state index in [-0.39, 0.29) is 15.9 Å². The number of nitrogens with one attached hydrogen (secondary N) is 1. The van der Waals surface area contributed by atoms with Crippen molar-refractivity contribution in [2.45, 2.75) is 0 Å². The minimum atomic E-state index is -0.473. The molecule has 110 valence electrons. The maximum atomic E-state index is 13.3. The molecule has 0 aliphatic carbocycles. The molecule has 0 bridgehead atoms. The van der Waals surface area contributed by atoms with Gasteiger partial charge in [0, 0.05) is 11.8 Å². The number of hydrogen-bond donors (Lipinski definition) is 2. The molecule has 0 heterocycles. The number of amides is 1. The van der Waals surface area contributed by atoms with Gasteiger partial charge in [0.1, 0.15) is 18.2 Å². The number of anilines is 1. The second-order valence-corrected chi connectivity index (χ2v) is 5.07. The molecule has 0 radical (unpaired) electrons. The number of nitrogens with two attached hydrogens (primary N) is 1. The van der Waals surface area contributed by atoms with Crippen LogP contribution >= 0.6 is 15.9 Å². The molecule has 2 rings (SSSR count). The number of rotatable bonds is 5. The van der Waals surface area contributed by atoms with E-state index < -0.39 is 5.82 Å². The Morgan fingerprint density at radius 2 is 2.05 bits per heavy atom. The molecule has 0 fully saturated rings. The Hall–Kier alpha value is -2.08. The molecule has 0 spiro atoms. The van der Waals surface area contributed by atoms with Crippen molar-refractivity contribution < 1.29 is 13.9 Å². The van der Waals surface area contributed by atoms with E-state index in [2.05, 4.69) is 21.2 Å². The first-order valence-corrected chi connectivity index (χ1v) is 7.08. The lowest BCUT2D eigenvalue weighted by Gasteiger charge is -2.09. The quantitative estimate of drug-likeness (QED) is 0.642. The summed E-state index contributed by atoms with van der Waals surface area (Å²) in [7, 11) is 0. The van der Waals surface area contributed by atoms with Crippen LogP contribution in [0.5, 0.6) is 5.75 Å². The van der Waals surface area contributed by atoms with Crippen LogP contribution in [0, 0.1) is 5.82 Å². The largest absolute Gasteiger partial charge is 0.492 e. The summed E-state index contributed by atoms with van der Waals surface area (Å²) < 4.78 is 18.9. The summed E-state index contributed by atoms with van der Waals surface area (Å²) in [6.45, 7) is 0.596. The van der Waals surface area contributed by atoms with Crippen LogP contribution in [0.4, 0.5) is 10.1 Å². The van der Waals surface area contributed by atoms with Crippen LogP contribution in [0.15, 0.2) is 46.9 Å². The highest BCUT2D eigenvalue weighted by Crippen LogP contribution is 2.20. The van der Waals surface area contributed by atoms with Crippen molar-refractivity contribution in [2.75, 3.05) is 18.9 Å². The van der Waals surface area contributed by atoms with E-state index in [1.165, 1.54) is 12.1 Å². The molecule has 0 saturated heterocycles. The second kappa shape index (κ2) is 7.08. The molecule has 6 heteroatoms. The van der Waals surface area contributed by atoms with Crippen LogP contribution in [-0.2, 0) is 0 Å². The van der Waals surface area contributed by atoms with Crippen LogP contribution < -0.4 is 15.8 Å². The van der Waals surface area contributed by atoms with Crippen molar-refractivity contribution in [1.82, 2.24) is 5.32 Å². The summed E-state index contributed by atoms with van der Waals surface area (Å²) in [5.41, 5.74) is 6.49. The highest BCUT2D eigenvalue weighted by atomic mass is 79.9. The molecular weight excluding hydrogens is 339 g/mol. The van der Waals surface area contributed by atoms with E-state index in [1.54, 1.807) is 30.3 Å². The Labute approximate surface area is 130 Å². The molecule has 0 saturated carbocycles. The molecule has 4 nitrogen and oxygen atoms in total. The first-order valence-electron chi connectivity index (χ1n) is 6.28. The maximum absolute atomic E-state index is 13.3. The van der Waals surface area contributed by atoms with Gasteiger partial charge in [0.25, 0.3) is 5.91 Å². The minimum absolute atomic E-state index is 0.152. The summed E-state index contributed by atoms with van der Waals surface area (Å²) in [6, 6.07) is 11.3. The standard InChI is InChI=1S/C15H14BrFN2O2/c16-14-12(5-2-6-13(14)17)15(20)19-7-8-21-11-4-1-3-10(18)9-11/h1-6,9H,7-8,18H2,(H,19,20). The number of carbonyl (C=O) groups excluding carboxylic acids is 1. The van der Waals surface area contributed by atoms with Gasteiger partial charge in [0.2, 0.25) is 0 Å². The summed E-state index contributed by atoms with van der Waals surface area (Å²) in [5.74, 6) is -0.201. The highest BCUT2D eigenvalue weighted by Gasteiger charge is 2.12. The van der Waals surface area contributed by atoms with E-state index in [9.17, 15) is 9.18 Å². The lowest BCUT2D eigenvalue weighted by Crippen LogP contribution is -2.28. The van der Waals surface area contributed by atoms with Crippen molar-refractivity contribution >= 4 is 27.5 Å². The maximum Gasteiger partial charge on any atom is 0.252 e. The number of halogens is 2.